The summed E-state index contributed by atoms with van der Waals surface area (Å²) in [7, 11) is 0. The number of unbranched alkanes of at least 4 members (excludes halogenated alkanes) is 2. The van der Waals surface area contributed by atoms with Crippen LogP contribution in [0.5, 0.6) is 0 Å². The van der Waals surface area contributed by atoms with Gasteiger partial charge in [-0.2, -0.15) is 0 Å². The standard InChI is InChI=1S/C24H27N3O3/c28-22(25-16-18-9-3-1-4-10-18)13-5-2-8-14-26-23(29)21-15-19-11-6-7-12-20(19)17-27(21)24(26)30/h1,3-4,6-7,9-12,21H,2,5,8,13-17H2,(H,25,28)/t21-/m0/s1. The van der Waals surface area contributed by atoms with Gasteiger partial charge in [0.05, 0.1) is 0 Å². The molecule has 2 aliphatic heterocycles. The summed E-state index contributed by atoms with van der Waals surface area (Å²) in [4.78, 5) is 40.5. The molecule has 6 nitrogen and oxygen atoms in total. The van der Waals surface area contributed by atoms with Crippen molar-refractivity contribution in [1.29, 1.82) is 0 Å². The van der Waals surface area contributed by atoms with Gasteiger partial charge in [0.2, 0.25) is 5.91 Å². The molecule has 1 saturated heterocycles. The number of carbonyl (C=O) groups is 3. The predicted molar refractivity (Wildman–Crippen MR) is 113 cm³/mol. The van der Waals surface area contributed by atoms with Gasteiger partial charge in [-0.25, -0.2) is 4.79 Å². The topological polar surface area (TPSA) is 69.7 Å². The molecule has 0 bridgehead atoms. The summed E-state index contributed by atoms with van der Waals surface area (Å²) in [6, 6.07) is 17.3. The molecular formula is C24H27N3O3. The number of fused-ring (bicyclic) bond motifs is 2. The molecule has 0 aliphatic carbocycles. The lowest BCUT2D eigenvalue weighted by Gasteiger charge is -2.28. The molecule has 0 aromatic heterocycles. The smallest absolute Gasteiger partial charge is 0.327 e. The third kappa shape index (κ3) is 4.37. The van der Waals surface area contributed by atoms with Crippen molar-refractivity contribution in [3.8, 4) is 0 Å². The Bertz CT molecular complexity index is 885. The fourth-order valence-electron chi connectivity index (χ4n) is 4.20. The summed E-state index contributed by atoms with van der Waals surface area (Å²) < 4.78 is 0. The molecule has 0 radical (unpaired) electrons. The number of rotatable bonds is 8. The van der Waals surface area contributed by atoms with Crippen molar-refractivity contribution in [2.45, 2.75) is 51.2 Å². The Morgan fingerprint density at radius 3 is 2.47 bits per heavy atom. The summed E-state index contributed by atoms with van der Waals surface area (Å²) >= 11 is 0. The molecule has 0 spiro atoms. The van der Waals surface area contributed by atoms with Crippen LogP contribution in [0.3, 0.4) is 0 Å². The second-order valence-corrected chi connectivity index (χ2v) is 7.96. The van der Waals surface area contributed by atoms with Gasteiger partial charge in [-0.3, -0.25) is 14.5 Å². The van der Waals surface area contributed by atoms with Crippen LogP contribution in [0.25, 0.3) is 0 Å². The van der Waals surface area contributed by atoms with E-state index in [0.717, 1.165) is 36.0 Å². The molecule has 1 atom stereocenters. The summed E-state index contributed by atoms with van der Waals surface area (Å²) in [5, 5.41) is 2.92. The third-order valence-corrected chi connectivity index (χ3v) is 5.89. The van der Waals surface area contributed by atoms with Crippen molar-refractivity contribution in [3.05, 3.63) is 71.3 Å². The van der Waals surface area contributed by atoms with Crippen LogP contribution in [-0.2, 0) is 29.1 Å². The molecule has 1 fully saturated rings. The maximum atomic E-state index is 12.8. The fourth-order valence-corrected chi connectivity index (χ4v) is 4.20. The number of carbonyl (C=O) groups excluding carboxylic acids is 3. The minimum atomic E-state index is -0.365. The van der Waals surface area contributed by atoms with Gasteiger partial charge < -0.3 is 10.2 Å². The highest BCUT2D eigenvalue weighted by Gasteiger charge is 2.46. The Balaban J connectivity index is 1.18. The van der Waals surface area contributed by atoms with E-state index in [-0.39, 0.29) is 23.9 Å². The van der Waals surface area contributed by atoms with E-state index in [9.17, 15) is 14.4 Å². The van der Waals surface area contributed by atoms with Crippen LogP contribution in [0.4, 0.5) is 4.79 Å². The second-order valence-electron chi connectivity index (χ2n) is 7.96. The number of benzene rings is 2. The van der Waals surface area contributed by atoms with Crippen molar-refractivity contribution in [2.75, 3.05) is 6.54 Å². The highest BCUT2D eigenvalue weighted by atomic mass is 16.2. The average molecular weight is 405 g/mol. The van der Waals surface area contributed by atoms with Crippen LogP contribution < -0.4 is 5.32 Å². The molecule has 2 heterocycles. The summed E-state index contributed by atoms with van der Waals surface area (Å²) in [5.41, 5.74) is 3.36. The van der Waals surface area contributed by atoms with Crippen LogP contribution in [-0.4, -0.2) is 40.2 Å². The van der Waals surface area contributed by atoms with Gasteiger partial charge in [-0.05, 0) is 29.5 Å². The number of amides is 4. The highest BCUT2D eigenvalue weighted by molar-refractivity contribution is 6.04. The van der Waals surface area contributed by atoms with Gasteiger partial charge in [0.15, 0.2) is 0 Å². The first-order valence-corrected chi connectivity index (χ1v) is 10.6. The fraction of sp³-hybridized carbons (Fsp3) is 0.375. The Kier molecular flexibility index (Phi) is 6.12. The molecule has 2 aliphatic rings. The first-order valence-electron chi connectivity index (χ1n) is 10.6. The maximum Gasteiger partial charge on any atom is 0.327 e. The van der Waals surface area contributed by atoms with E-state index in [4.69, 9.17) is 0 Å². The minimum Gasteiger partial charge on any atom is -0.352 e. The van der Waals surface area contributed by atoms with Crippen molar-refractivity contribution in [2.24, 2.45) is 0 Å². The van der Waals surface area contributed by atoms with Crippen molar-refractivity contribution < 1.29 is 14.4 Å². The van der Waals surface area contributed by atoms with E-state index in [1.807, 2.05) is 54.6 Å². The number of nitrogens with one attached hydrogen (secondary N) is 1. The number of nitrogens with zero attached hydrogens (tertiary/aromatic N) is 2. The van der Waals surface area contributed by atoms with E-state index in [2.05, 4.69) is 5.32 Å². The molecule has 2 aromatic rings. The molecule has 4 amide bonds. The van der Waals surface area contributed by atoms with Gasteiger partial charge in [0.1, 0.15) is 6.04 Å². The van der Waals surface area contributed by atoms with E-state index >= 15 is 0 Å². The normalized spacial score (nSPS) is 17.7. The van der Waals surface area contributed by atoms with Crippen LogP contribution >= 0.6 is 0 Å². The van der Waals surface area contributed by atoms with E-state index in [1.54, 1.807) is 4.90 Å². The van der Waals surface area contributed by atoms with E-state index in [0.29, 0.717) is 32.5 Å². The molecule has 0 saturated carbocycles. The first kappa shape index (κ1) is 20.1. The molecule has 4 rings (SSSR count). The molecule has 6 heteroatoms. The Labute approximate surface area is 176 Å². The quantitative estimate of drug-likeness (QED) is 0.541. The summed E-state index contributed by atoms with van der Waals surface area (Å²) in [6.45, 7) is 1.46. The monoisotopic (exact) mass is 405 g/mol. The number of imide groups is 1. The third-order valence-electron chi connectivity index (χ3n) is 5.89. The zero-order valence-corrected chi connectivity index (χ0v) is 17.0. The lowest BCUT2D eigenvalue weighted by molar-refractivity contribution is -0.128. The van der Waals surface area contributed by atoms with Crippen molar-refractivity contribution in [1.82, 2.24) is 15.1 Å². The lowest BCUT2D eigenvalue weighted by Crippen LogP contribution is -2.39. The largest absolute Gasteiger partial charge is 0.352 e. The number of urea groups is 1. The van der Waals surface area contributed by atoms with E-state index in [1.165, 1.54) is 4.90 Å². The Hall–Kier alpha value is -3.15. The van der Waals surface area contributed by atoms with Gasteiger partial charge in [0.25, 0.3) is 5.91 Å². The lowest BCUT2D eigenvalue weighted by atomic mass is 9.95. The van der Waals surface area contributed by atoms with Crippen molar-refractivity contribution in [3.63, 3.8) is 0 Å². The molecule has 30 heavy (non-hydrogen) atoms. The number of hydrogen-bond acceptors (Lipinski definition) is 3. The zero-order chi connectivity index (χ0) is 20.9. The predicted octanol–water partition coefficient (Wildman–Crippen LogP) is 3.25. The van der Waals surface area contributed by atoms with Gasteiger partial charge in [-0.1, -0.05) is 61.0 Å². The summed E-state index contributed by atoms with van der Waals surface area (Å²) in [6.07, 6.45) is 3.32. The SMILES string of the molecule is O=C(CCCCCN1C(=O)[C@@H]2Cc3ccccc3CN2C1=O)NCc1ccccc1. The molecular weight excluding hydrogens is 378 g/mol. The summed E-state index contributed by atoms with van der Waals surface area (Å²) in [5.74, 6) is -0.0582. The maximum absolute atomic E-state index is 12.8. The van der Waals surface area contributed by atoms with Crippen LogP contribution in [0.2, 0.25) is 0 Å². The molecule has 2 aromatic carbocycles. The van der Waals surface area contributed by atoms with Crippen molar-refractivity contribution >= 4 is 17.8 Å². The van der Waals surface area contributed by atoms with E-state index < -0.39 is 0 Å². The highest BCUT2D eigenvalue weighted by Crippen LogP contribution is 2.30. The molecule has 1 N–H and O–H groups in total. The van der Waals surface area contributed by atoms with Crippen LogP contribution in [0.15, 0.2) is 54.6 Å². The number of hydrogen-bond donors (Lipinski definition) is 1. The average Bonchev–Trinajstić information content (AvgIpc) is 3.00. The second kappa shape index (κ2) is 9.11. The van der Waals surface area contributed by atoms with Gasteiger partial charge >= 0.3 is 6.03 Å². The minimum absolute atomic E-state index is 0.0297. The Morgan fingerprint density at radius 2 is 1.67 bits per heavy atom. The van der Waals surface area contributed by atoms with Crippen LogP contribution in [0, 0.1) is 0 Å². The zero-order valence-electron chi connectivity index (χ0n) is 17.0. The molecule has 0 unspecified atom stereocenters. The van der Waals surface area contributed by atoms with Gasteiger partial charge in [-0.15, -0.1) is 0 Å². The van der Waals surface area contributed by atoms with Crippen LogP contribution in [0.1, 0.15) is 42.4 Å². The first-order chi connectivity index (χ1) is 14.6. The molecule has 156 valence electrons. The van der Waals surface area contributed by atoms with Gasteiger partial charge in [0, 0.05) is 32.5 Å². The Morgan fingerprint density at radius 1 is 0.933 bits per heavy atom.